The van der Waals surface area contributed by atoms with Crippen LogP contribution in [0.1, 0.15) is 28.2 Å². The molecule has 0 fully saturated rings. The normalized spacial score (nSPS) is 10.6. The Kier molecular flexibility index (Phi) is 4.85. The standard InChI is InChI=1S/C9H7ClF2INO2/c1-16-9(15)5-2-4(13)7(8(11)12)6(3-10)14-5/h2,8H,3H2,1H3. The monoisotopic (exact) mass is 361 g/mol. The van der Waals surface area contributed by atoms with Crippen LogP contribution in [0, 0.1) is 3.57 Å². The van der Waals surface area contributed by atoms with Crippen LogP contribution in [0.4, 0.5) is 8.78 Å². The van der Waals surface area contributed by atoms with Crippen LogP contribution in [0.15, 0.2) is 6.07 Å². The predicted molar refractivity (Wildman–Crippen MR) is 62.8 cm³/mol. The van der Waals surface area contributed by atoms with Gasteiger partial charge in [-0.25, -0.2) is 18.6 Å². The predicted octanol–water partition coefficient (Wildman–Crippen LogP) is 3.15. The molecule has 1 aromatic heterocycles. The zero-order valence-corrected chi connectivity index (χ0v) is 11.1. The van der Waals surface area contributed by atoms with Gasteiger partial charge >= 0.3 is 5.97 Å². The van der Waals surface area contributed by atoms with E-state index < -0.39 is 12.4 Å². The number of ether oxygens (including phenoxy) is 1. The minimum Gasteiger partial charge on any atom is -0.464 e. The molecule has 0 spiro atoms. The van der Waals surface area contributed by atoms with E-state index in [0.717, 1.165) is 0 Å². The summed E-state index contributed by atoms with van der Waals surface area (Å²) in [6, 6.07) is 1.25. The van der Waals surface area contributed by atoms with Crippen LogP contribution in [0.5, 0.6) is 0 Å². The highest BCUT2D eigenvalue weighted by Crippen LogP contribution is 2.28. The van der Waals surface area contributed by atoms with E-state index in [1.54, 1.807) is 22.6 Å². The number of nitrogens with zero attached hydrogens (tertiary/aromatic N) is 1. The number of carbonyl (C=O) groups excluding carboxylic acids is 1. The maximum absolute atomic E-state index is 12.7. The Morgan fingerprint density at radius 1 is 1.69 bits per heavy atom. The molecule has 1 aromatic rings. The summed E-state index contributed by atoms with van der Waals surface area (Å²) in [5, 5.41) is 0. The molecule has 0 unspecified atom stereocenters. The van der Waals surface area contributed by atoms with Gasteiger partial charge in [0, 0.05) is 3.57 Å². The Morgan fingerprint density at radius 2 is 2.31 bits per heavy atom. The van der Waals surface area contributed by atoms with Crippen molar-refractivity contribution in [2.75, 3.05) is 7.11 Å². The van der Waals surface area contributed by atoms with Crippen molar-refractivity contribution in [3.8, 4) is 0 Å². The first-order valence-electron chi connectivity index (χ1n) is 4.13. The Hall–Kier alpha value is -0.500. The molecule has 0 N–H and O–H groups in total. The lowest BCUT2D eigenvalue weighted by Crippen LogP contribution is -2.09. The van der Waals surface area contributed by atoms with E-state index in [0.29, 0.717) is 0 Å². The SMILES string of the molecule is COC(=O)c1cc(I)c(C(F)F)c(CCl)n1. The first kappa shape index (κ1) is 13.6. The van der Waals surface area contributed by atoms with Gasteiger partial charge in [-0.2, -0.15) is 0 Å². The highest BCUT2D eigenvalue weighted by Gasteiger charge is 2.21. The average Bonchev–Trinajstić information content (AvgIpc) is 2.26. The third-order valence-corrected chi connectivity index (χ3v) is 2.97. The minimum absolute atomic E-state index is 0.00367. The minimum atomic E-state index is -2.67. The van der Waals surface area contributed by atoms with Crippen molar-refractivity contribution in [1.82, 2.24) is 4.98 Å². The molecular weight excluding hydrogens is 354 g/mol. The van der Waals surface area contributed by atoms with Crippen LogP contribution in [0.3, 0.4) is 0 Å². The first-order chi connectivity index (χ1) is 7.51. The van der Waals surface area contributed by atoms with Gasteiger partial charge in [0.05, 0.1) is 24.2 Å². The molecule has 0 saturated carbocycles. The molecule has 0 aliphatic rings. The fourth-order valence-corrected chi connectivity index (χ4v) is 2.16. The molecule has 0 bridgehead atoms. The molecule has 0 atom stereocenters. The van der Waals surface area contributed by atoms with Crippen LogP contribution in [-0.4, -0.2) is 18.1 Å². The van der Waals surface area contributed by atoms with Crippen LogP contribution in [0.25, 0.3) is 0 Å². The Morgan fingerprint density at radius 3 is 2.75 bits per heavy atom. The van der Waals surface area contributed by atoms with Crippen molar-refractivity contribution in [3.63, 3.8) is 0 Å². The van der Waals surface area contributed by atoms with E-state index in [9.17, 15) is 13.6 Å². The van der Waals surface area contributed by atoms with Crippen molar-refractivity contribution in [2.24, 2.45) is 0 Å². The molecular formula is C9H7ClF2INO2. The average molecular weight is 362 g/mol. The van der Waals surface area contributed by atoms with Gasteiger partial charge in [-0.15, -0.1) is 11.6 Å². The second-order valence-corrected chi connectivity index (χ2v) is 4.21. The molecule has 0 amide bonds. The summed E-state index contributed by atoms with van der Waals surface area (Å²) >= 11 is 7.23. The zero-order valence-electron chi connectivity index (χ0n) is 8.14. The molecule has 0 aliphatic heterocycles. The summed E-state index contributed by atoms with van der Waals surface area (Å²) in [6.07, 6.45) is -2.67. The number of halogens is 4. The summed E-state index contributed by atoms with van der Waals surface area (Å²) in [5.74, 6) is -0.856. The molecule has 0 saturated heterocycles. The van der Waals surface area contributed by atoms with Gasteiger partial charge in [-0.3, -0.25) is 0 Å². The lowest BCUT2D eigenvalue weighted by atomic mass is 10.2. The first-order valence-corrected chi connectivity index (χ1v) is 5.74. The fourth-order valence-electron chi connectivity index (χ4n) is 1.11. The van der Waals surface area contributed by atoms with Crippen LogP contribution in [-0.2, 0) is 10.6 Å². The Balaban J connectivity index is 3.32. The van der Waals surface area contributed by atoms with Crippen LogP contribution >= 0.6 is 34.2 Å². The second-order valence-electron chi connectivity index (χ2n) is 2.78. The largest absolute Gasteiger partial charge is 0.464 e. The van der Waals surface area contributed by atoms with Crippen molar-refractivity contribution in [3.05, 3.63) is 26.6 Å². The molecule has 7 heteroatoms. The second kappa shape index (κ2) is 5.72. The molecule has 16 heavy (non-hydrogen) atoms. The highest BCUT2D eigenvalue weighted by molar-refractivity contribution is 14.1. The quantitative estimate of drug-likeness (QED) is 0.472. The molecule has 1 rings (SSSR count). The van der Waals surface area contributed by atoms with Gasteiger partial charge in [0.1, 0.15) is 5.69 Å². The van der Waals surface area contributed by atoms with Gasteiger partial charge in [0.25, 0.3) is 6.43 Å². The van der Waals surface area contributed by atoms with E-state index in [2.05, 4.69) is 9.72 Å². The van der Waals surface area contributed by atoms with E-state index in [-0.39, 0.29) is 26.4 Å². The molecule has 0 aromatic carbocycles. The highest BCUT2D eigenvalue weighted by atomic mass is 127. The van der Waals surface area contributed by atoms with E-state index in [1.165, 1.54) is 13.2 Å². The number of alkyl halides is 3. The molecule has 0 radical (unpaired) electrons. The lowest BCUT2D eigenvalue weighted by molar-refractivity contribution is 0.0593. The summed E-state index contributed by atoms with van der Waals surface area (Å²) in [4.78, 5) is 14.9. The fraction of sp³-hybridized carbons (Fsp3) is 0.333. The molecule has 0 aliphatic carbocycles. The molecule has 1 heterocycles. The van der Waals surface area contributed by atoms with Gasteiger partial charge in [0.15, 0.2) is 0 Å². The Labute approximate surface area is 109 Å². The maximum Gasteiger partial charge on any atom is 0.356 e. The lowest BCUT2D eigenvalue weighted by Gasteiger charge is -2.09. The van der Waals surface area contributed by atoms with Crippen LogP contribution < -0.4 is 0 Å². The number of rotatable bonds is 3. The summed E-state index contributed by atoms with van der Waals surface area (Å²) < 4.78 is 30.0. The maximum atomic E-state index is 12.7. The molecule has 88 valence electrons. The number of pyridine rings is 1. The van der Waals surface area contributed by atoms with Gasteiger partial charge in [-0.05, 0) is 28.7 Å². The van der Waals surface area contributed by atoms with Gasteiger partial charge < -0.3 is 4.74 Å². The zero-order chi connectivity index (χ0) is 12.3. The smallest absolute Gasteiger partial charge is 0.356 e. The van der Waals surface area contributed by atoms with Gasteiger partial charge in [0.2, 0.25) is 0 Å². The summed E-state index contributed by atoms with van der Waals surface area (Å²) in [5.41, 5.74) is -0.251. The summed E-state index contributed by atoms with van der Waals surface area (Å²) in [6.45, 7) is 0. The molecule has 3 nitrogen and oxygen atoms in total. The van der Waals surface area contributed by atoms with Gasteiger partial charge in [-0.1, -0.05) is 0 Å². The van der Waals surface area contributed by atoms with Crippen molar-refractivity contribution < 1.29 is 18.3 Å². The van der Waals surface area contributed by atoms with Crippen LogP contribution in [0.2, 0.25) is 0 Å². The van der Waals surface area contributed by atoms with Crippen molar-refractivity contribution >= 4 is 40.2 Å². The van der Waals surface area contributed by atoms with Crippen molar-refractivity contribution in [1.29, 1.82) is 0 Å². The third kappa shape index (κ3) is 2.79. The number of methoxy groups -OCH3 is 1. The summed E-state index contributed by atoms with van der Waals surface area (Å²) in [7, 11) is 1.19. The number of hydrogen-bond acceptors (Lipinski definition) is 3. The van der Waals surface area contributed by atoms with E-state index in [1.807, 2.05) is 0 Å². The van der Waals surface area contributed by atoms with E-state index in [4.69, 9.17) is 11.6 Å². The number of aromatic nitrogens is 1. The number of carbonyl (C=O) groups is 1. The van der Waals surface area contributed by atoms with Crippen molar-refractivity contribution in [2.45, 2.75) is 12.3 Å². The third-order valence-electron chi connectivity index (χ3n) is 1.83. The topological polar surface area (TPSA) is 39.2 Å². The van der Waals surface area contributed by atoms with E-state index >= 15 is 0 Å². The number of esters is 1. The number of hydrogen-bond donors (Lipinski definition) is 0. The Bertz CT molecular complexity index is 415.